The monoisotopic (exact) mass is 280 g/mol. The van der Waals surface area contributed by atoms with E-state index in [0.29, 0.717) is 6.04 Å². The van der Waals surface area contributed by atoms with Crippen molar-refractivity contribution in [2.75, 3.05) is 13.6 Å². The van der Waals surface area contributed by atoms with E-state index in [4.69, 9.17) is 5.73 Å². The van der Waals surface area contributed by atoms with E-state index in [-0.39, 0.29) is 6.04 Å². The Morgan fingerprint density at radius 3 is 2.50 bits per heavy atom. The lowest BCUT2D eigenvalue weighted by Crippen LogP contribution is -2.37. The molecule has 4 heteroatoms. The molecule has 0 saturated carbocycles. The summed E-state index contributed by atoms with van der Waals surface area (Å²) < 4.78 is 0. The maximum absolute atomic E-state index is 6.15. The predicted molar refractivity (Wildman–Crippen MR) is 81.4 cm³/mol. The van der Waals surface area contributed by atoms with Crippen LogP contribution in [0.3, 0.4) is 0 Å². The molecule has 0 aliphatic carbocycles. The van der Waals surface area contributed by atoms with Gasteiger partial charge in [-0.15, -0.1) is 22.7 Å². The molecule has 2 N–H and O–H groups in total. The van der Waals surface area contributed by atoms with Crippen molar-refractivity contribution < 1.29 is 0 Å². The van der Waals surface area contributed by atoms with Crippen LogP contribution in [-0.2, 0) is 6.42 Å². The average Bonchev–Trinajstić information content (AvgIpc) is 2.99. The largest absolute Gasteiger partial charge is 0.326 e. The summed E-state index contributed by atoms with van der Waals surface area (Å²) in [6, 6.07) is 9.07. The Balaban J connectivity index is 1.98. The van der Waals surface area contributed by atoms with Crippen molar-refractivity contribution in [2.45, 2.75) is 25.4 Å². The molecule has 2 aromatic rings. The second kappa shape index (κ2) is 6.48. The number of nitrogens with two attached hydrogens (primary N) is 1. The molecule has 0 aliphatic heterocycles. The third-order valence-corrected chi connectivity index (χ3v) is 4.98. The zero-order valence-corrected chi connectivity index (χ0v) is 12.5. The number of hydrogen-bond donors (Lipinski definition) is 1. The van der Waals surface area contributed by atoms with Gasteiger partial charge in [0.2, 0.25) is 0 Å². The molecule has 0 amide bonds. The van der Waals surface area contributed by atoms with Crippen molar-refractivity contribution in [3.8, 4) is 0 Å². The van der Waals surface area contributed by atoms with Crippen LogP contribution in [0.25, 0.3) is 0 Å². The molecule has 2 atom stereocenters. The highest BCUT2D eigenvalue weighted by Gasteiger charge is 2.21. The molecule has 2 aromatic heterocycles. The molecular weight excluding hydrogens is 260 g/mol. The highest BCUT2D eigenvalue weighted by molar-refractivity contribution is 7.10. The van der Waals surface area contributed by atoms with Gasteiger partial charge in [-0.3, -0.25) is 4.90 Å². The summed E-state index contributed by atoms with van der Waals surface area (Å²) in [6.07, 6.45) is 1.10. The molecule has 0 radical (unpaired) electrons. The fraction of sp³-hybridized carbons (Fsp3) is 0.429. The number of nitrogens with zero attached hydrogens (tertiary/aromatic N) is 1. The standard InChI is InChI=1S/C14H20N2S2/c1-11(15)14(13-6-4-10-18-13)16(2)8-7-12-5-3-9-17-12/h3-6,9-11,14H,7-8,15H2,1-2H3. The average molecular weight is 280 g/mol. The molecule has 2 heterocycles. The van der Waals surface area contributed by atoms with Crippen LogP contribution >= 0.6 is 22.7 Å². The lowest BCUT2D eigenvalue weighted by Gasteiger charge is -2.30. The summed E-state index contributed by atoms with van der Waals surface area (Å²) in [7, 11) is 2.17. The Bertz CT molecular complexity index is 434. The van der Waals surface area contributed by atoms with Crippen LogP contribution in [0.15, 0.2) is 35.0 Å². The van der Waals surface area contributed by atoms with E-state index >= 15 is 0 Å². The van der Waals surface area contributed by atoms with Crippen LogP contribution in [0.1, 0.15) is 22.7 Å². The zero-order chi connectivity index (χ0) is 13.0. The first-order valence-corrected chi connectivity index (χ1v) is 7.96. The second-order valence-corrected chi connectivity index (χ2v) is 6.64. The molecule has 0 fully saturated rings. The van der Waals surface area contributed by atoms with Gasteiger partial charge in [-0.05, 0) is 43.3 Å². The van der Waals surface area contributed by atoms with Crippen molar-refractivity contribution in [3.05, 3.63) is 44.8 Å². The van der Waals surface area contributed by atoms with E-state index in [1.54, 1.807) is 11.3 Å². The van der Waals surface area contributed by atoms with E-state index in [9.17, 15) is 0 Å². The smallest absolute Gasteiger partial charge is 0.0588 e. The molecule has 2 unspecified atom stereocenters. The molecule has 2 rings (SSSR count). The zero-order valence-electron chi connectivity index (χ0n) is 10.9. The Hall–Kier alpha value is -0.680. The van der Waals surface area contributed by atoms with E-state index < -0.39 is 0 Å². The molecule has 2 nitrogen and oxygen atoms in total. The summed E-state index contributed by atoms with van der Waals surface area (Å²) in [6.45, 7) is 3.14. The van der Waals surface area contributed by atoms with Gasteiger partial charge in [0, 0.05) is 22.3 Å². The van der Waals surface area contributed by atoms with Crippen LogP contribution in [0, 0.1) is 0 Å². The van der Waals surface area contributed by atoms with E-state index in [1.165, 1.54) is 9.75 Å². The first-order chi connectivity index (χ1) is 8.68. The van der Waals surface area contributed by atoms with E-state index in [1.807, 2.05) is 11.3 Å². The number of hydrogen-bond acceptors (Lipinski definition) is 4. The number of thiophene rings is 2. The van der Waals surface area contributed by atoms with Crippen molar-refractivity contribution in [1.29, 1.82) is 0 Å². The normalized spacial score (nSPS) is 14.9. The van der Waals surface area contributed by atoms with Crippen molar-refractivity contribution in [2.24, 2.45) is 5.73 Å². The Morgan fingerprint density at radius 1 is 1.22 bits per heavy atom. The molecule has 0 spiro atoms. The van der Waals surface area contributed by atoms with Crippen LogP contribution in [0.5, 0.6) is 0 Å². The minimum Gasteiger partial charge on any atom is -0.326 e. The molecular formula is C14H20N2S2. The summed E-state index contributed by atoms with van der Waals surface area (Å²) in [5.41, 5.74) is 6.15. The lowest BCUT2D eigenvalue weighted by molar-refractivity contribution is 0.225. The van der Waals surface area contributed by atoms with E-state index in [2.05, 4.69) is 53.9 Å². The first kappa shape index (κ1) is 13.7. The molecule has 18 heavy (non-hydrogen) atoms. The minimum absolute atomic E-state index is 0.150. The van der Waals surface area contributed by atoms with Crippen molar-refractivity contribution in [1.82, 2.24) is 4.90 Å². The number of likely N-dealkylation sites (N-methyl/N-ethyl adjacent to an activating group) is 1. The van der Waals surface area contributed by atoms with Gasteiger partial charge in [-0.1, -0.05) is 12.1 Å². The molecule has 98 valence electrons. The predicted octanol–water partition coefficient (Wildman–Crippen LogP) is 3.37. The SMILES string of the molecule is CC(N)C(c1cccs1)N(C)CCc1cccs1. The third kappa shape index (κ3) is 3.42. The van der Waals surface area contributed by atoms with E-state index in [0.717, 1.165) is 13.0 Å². The van der Waals surface area contributed by atoms with Gasteiger partial charge in [0.05, 0.1) is 6.04 Å². The Kier molecular flexibility index (Phi) is 4.95. The van der Waals surface area contributed by atoms with Gasteiger partial charge in [0.25, 0.3) is 0 Å². The van der Waals surface area contributed by atoms with Gasteiger partial charge < -0.3 is 5.73 Å². The summed E-state index contributed by atoms with van der Waals surface area (Å²) in [4.78, 5) is 5.17. The number of rotatable bonds is 6. The minimum atomic E-state index is 0.150. The maximum Gasteiger partial charge on any atom is 0.0588 e. The summed E-state index contributed by atoms with van der Waals surface area (Å²) in [5, 5.41) is 4.26. The van der Waals surface area contributed by atoms with Crippen LogP contribution in [0.2, 0.25) is 0 Å². The maximum atomic E-state index is 6.15. The lowest BCUT2D eigenvalue weighted by atomic mass is 10.1. The Labute approximate surface area is 117 Å². The van der Waals surface area contributed by atoms with Gasteiger partial charge in [-0.2, -0.15) is 0 Å². The molecule has 0 aromatic carbocycles. The van der Waals surface area contributed by atoms with Crippen LogP contribution in [-0.4, -0.2) is 24.5 Å². The first-order valence-electron chi connectivity index (χ1n) is 6.20. The fourth-order valence-corrected chi connectivity index (χ4v) is 3.92. The fourth-order valence-electron chi connectivity index (χ4n) is 2.22. The molecule has 0 aliphatic rings. The van der Waals surface area contributed by atoms with Gasteiger partial charge in [-0.25, -0.2) is 0 Å². The molecule has 0 saturated heterocycles. The van der Waals surface area contributed by atoms with Crippen LogP contribution < -0.4 is 5.73 Å². The highest BCUT2D eigenvalue weighted by Crippen LogP contribution is 2.26. The van der Waals surface area contributed by atoms with Gasteiger partial charge in [0.1, 0.15) is 0 Å². The highest BCUT2D eigenvalue weighted by atomic mass is 32.1. The topological polar surface area (TPSA) is 29.3 Å². The summed E-state index contributed by atoms with van der Waals surface area (Å²) in [5.74, 6) is 0. The quantitative estimate of drug-likeness (QED) is 0.879. The van der Waals surface area contributed by atoms with Crippen molar-refractivity contribution in [3.63, 3.8) is 0 Å². The third-order valence-electron chi connectivity index (χ3n) is 3.10. The van der Waals surface area contributed by atoms with Gasteiger partial charge >= 0.3 is 0 Å². The van der Waals surface area contributed by atoms with Crippen molar-refractivity contribution >= 4 is 22.7 Å². The second-order valence-electron chi connectivity index (χ2n) is 4.63. The Morgan fingerprint density at radius 2 is 1.94 bits per heavy atom. The summed E-state index contributed by atoms with van der Waals surface area (Å²) >= 11 is 3.62. The van der Waals surface area contributed by atoms with Gasteiger partial charge in [0.15, 0.2) is 0 Å². The molecule has 0 bridgehead atoms. The van der Waals surface area contributed by atoms with Crippen LogP contribution in [0.4, 0.5) is 0 Å².